The van der Waals surface area contributed by atoms with Crippen LogP contribution < -0.4 is 11.1 Å². The maximum atomic E-state index is 12.2. The maximum Gasteiger partial charge on any atom is 0.220 e. The van der Waals surface area contributed by atoms with Crippen molar-refractivity contribution in [3.8, 4) is 0 Å². The van der Waals surface area contributed by atoms with Gasteiger partial charge in [-0.15, -0.1) is 0 Å². The van der Waals surface area contributed by atoms with Crippen molar-refractivity contribution >= 4 is 5.91 Å². The van der Waals surface area contributed by atoms with Crippen LogP contribution in [-0.2, 0) is 4.79 Å². The Morgan fingerprint density at radius 1 is 1.05 bits per heavy atom. The molecule has 0 atom stereocenters. The van der Waals surface area contributed by atoms with Gasteiger partial charge in [0.2, 0.25) is 5.91 Å². The van der Waals surface area contributed by atoms with E-state index in [0.717, 1.165) is 25.8 Å². The second kappa shape index (κ2) is 7.88. The average Bonchev–Trinajstić information content (AvgIpc) is 2.46. The van der Waals surface area contributed by atoms with E-state index in [0.29, 0.717) is 18.3 Å². The molecule has 0 aromatic heterocycles. The SMILES string of the molecule is CCC(CC)(CC)NC(=O)CC1CCC(CN)CC1. The summed E-state index contributed by atoms with van der Waals surface area (Å²) in [5.41, 5.74) is 5.73. The summed E-state index contributed by atoms with van der Waals surface area (Å²) in [5.74, 6) is 1.52. The van der Waals surface area contributed by atoms with Crippen LogP contribution in [0.5, 0.6) is 0 Å². The molecule has 0 radical (unpaired) electrons. The van der Waals surface area contributed by atoms with E-state index in [-0.39, 0.29) is 11.4 Å². The van der Waals surface area contributed by atoms with Crippen molar-refractivity contribution in [3.05, 3.63) is 0 Å². The fraction of sp³-hybridized carbons (Fsp3) is 0.938. The van der Waals surface area contributed by atoms with Gasteiger partial charge in [0.15, 0.2) is 0 Å². The highest BCUT2D eigenvalue weighted by Crippen LogP contribution is 2.30. The third kappa shape index (κ3) is 4.79. The second-order valence-corrected chi connectivity index (χ2v) is 6.22. The number of amides is 1. The first-order valence-electron chi connectivity index (χ1n) is 8.10. The number of nitrogens with one attached hydrogen (secondary N) is 1. The Labute approximate surface area is 118 Å². The van der Waals surface area contributed by atoms with Gasteiger partial charge in [-0.3, -0.25) is 4.79 Å². The number of hydrogen-bond acceptors (Lipinski definition) is 2. The van der Waals surface area contributed by atoms with Crippen LogP contribution in [0.4, 0.5) is 0 Å². The molecule has 3 heteroatoms. The summed E-state index contributed by atoms with van der Waals surface area (Å²) in [6.45, 7) is 7.31. The zero-order valence-corrected chi connectivity index (χ0v) is 13.0. The monoisotopic (exact) mass is 268 g/mol. The summed E-state index contributed by atoms with van der Waals surface area (Å²) in [4.78, 5) is 12.2. The van der Waals surface area contributed by atoms with Gasteiger partial charge in [0, 0.05) is 12.0 Å². The van der Waals surface area contributed by atoms with Gasteiger partial charge < -0.3 is 11.1 Å². The average molecular weight is 268 g/mol. The molecule has 0 unspecified atom stereocenters. The number of rotatable bonds is 7. The first-order valence-corrected chi connectivity index (χ1v) is 8.10. The highest BCUT2D eigenvalue weighted by Gasteiger charge is 2.28. The molecule has 0 saturated heterocycles. The van der Waals surface area contributed by atoms with E-state index in [2.05, 4.69) is 26.1 Å². The molecule has 1 fully saturated rings. The smallest absolute Gasteiger partial charge is 0.220 e. The molecule has 1 amide bonds. The van der Waals surface area contributed by atoms with Crippen molar-refractivity contribution in [1.29, 1.82) is 0 Å². The van der Waals surface area contributed by atoms with Crippen molar-refractivity contribution in [2.24, 2.45) is 17.6 Å². The predicted molar refractivity (Wildman–Crippen MR) is 80.9 cm³/mol. The van der Waals surface area contributed by atoms with E-state index in [1.54, 1.807) is 0 Å². The molecule has 1 aliphatic carbocycles. The number of carbonyl (C=O) groups excluding carboxylic acids is 1. The minimum atomic E-state index is 0.0194. The van der Waals surface area contributed by atoms with E-state index in [9.17, 15) is 4.79 Å². The summed E-state index contributed by atoms with van der Waals surface area (Å²) < 4.78 is 0. The van der Waals surface area contributed by atoms with Gasteiger partial charge in [-0.1, -0.05) is 20.8 Å². The lowest BCUT2D eigenvalue weighted by Crippen LogP contribution is -2.47. The van der Waals surface area contributed by atoms with Crippen LogP contribution >= 0.6 is 0 Å². The van der Waals surface area contributed by atoms with Crippen LogP contribution in [0.2, 0.25) is 0 Å². The van der Waals surface area contributed by atoms with Gasteiger partial charge in [0.05, 0.1) is 0 Å². The topological polar surface area (TPSA) is 55.1 Å². The molecule has 3 N–H and O–H groups in total. The van der Waals surface area contributed by atoms with Crippen LogP contribution in [0, 0.1) is 11.8 Å². The predicted octanol–water partition coefficient (Wildman–Crippen LogP) is 3.23. The molecule has 112 valence electrons. The normalized spacial score (nSPS) is 24.2. The third-order valence-corrected chi connectivity index (χ3v) is 5.21. The van der Waals surface area contributed by atoms with Crippen LogP contribution in [0.25, 0.3) is 0 Å². The molecule has 0 aliphatic heterocycles. The number of nitrogens with two attached hydrogens (primary N) is 1. The van der Waals surface area contributed by atoms with E-state index >= 15 is 0 Å². The van der Waals surface area contributed by atoms with E-state index in [4.69, 9.17) is 5.73 Å². The minimum Gasteiger partial charge on any atom is -0.351 e. The lowest BCUT2D eigenvalue weighted by atomic mass is 9.80. The van der Waals surface area contributed by atoms with Gasteiger partial charge in [-0.25, -0.2) is 0 Å². The molecular formula is C16H32N2O. The summed E-state index contributed by atoms with van der Waals surface area (Å²) in [6.07, 6.45) is 8.52. The van der Waals surface area contributed by atoms with Crippen molar-refractivity contribution in [2.45, 2.75) is 77.7 Å². The molecule has 0 heterocycles. The fourth-order valence-corrected chi connectivity index (χ4v) is 3.30. The van der Waals surface area contributed by atoms with E-state index < -0.39 is 0 Å². The quantitative estimate of drug-likeness (QED) is 0.745. The first-order chi connectivity index (χ1) is 9.09. The molecule has 1 rings (SSSR count). The van der Waals surface area contributed by atoms with Crippen LogP contribution in [-0.4, -0.2) is 18.0 Å². The summed E-state index contributed by atoms with van der Waals surface area (Å²) in [7, 11) is 0. The van der Waals surface area contributed by atoms with Crippen LogP contribution in [0.15, 0.2) is 0 Å². The van der Waals surface area contributed by atoms with Crippen molar-refractivity contribution in [3.63, 3.8) is 0 Å². The summed E-state index contributed by atoms with van der Waals surface area (Å²) in [5, 5.41) is 3.29. The van der Waals surface area contributed by atoms with Gasteiger partial charge >= 0.3 is 0 Å². The van der Waals surface area contributed by atoms with Crippen molar-refractivity contribution < 1.29 is 4.79 Å². The van der Waals surface area contributed by atoms with E-state index in [1.807, 2.05) is 0 Å². The molecule has 1 aliphatic rings. The van der Waals surface area contributed by atoms with Crippen molar-refractivity contribution in [2.75, 3.05) is 6.54 Å². The largest absolute Gasteiger partial charge is 0.351 e. The molecule has 0 aromatic rings. The Hall–Kier alpha value is -0.570. The Bertz CT molecular complexity index is 258. The summed E-state index contributed by atoms with van der Waals surface area (Å²) in [6, 6.07) is 0. The molecular weight excluding hydrogens is 236 g/mol. The standard InChI is InChI=1S/C16H32N2O/c1-4-16(5-2,6-3)18-15(19)11-13-7-9-14(12-17)10-8-13/h13-14H,4-12,17H2,1-3H3,(H,18,19). The Kier molecular flexibility index (Phi) is 6.84. The molecule has 19 heavy (non-hydrogen) atoms. The fourth-order valence-electron chi connectivity index (χ4n) is 3.30. The molecule has 0 aromatic carbocycles. The number of carbonyl (C=O) groups is 1. The van der Waals surface area contributed by atoms with Gasteiger partial charge in [0.1, 0.15) is 0 Å². The maximum absolute atomic E-state index is 12.2. The zero-order valence-electron chi connectivity index (χ0n) is 13.0. The van der Waals surface area contributed by atoms with Gasteiger partial charge in [-0.05, 0) is 63.3 Å². The Morgan fingerprint density at radius 3 is 1.95 bits per heavy atom. The third-order valence-electron chi connectivity index (χ3n) is 5.21. The molecule has 3 nitrogen and oxygen atoms in total. The van der Waals surface area contributed by atoms with E-state index in [1.165, 1.54) is 25.7 Å². The lowest BCUT2D eigenvalue weighted by Gasteiger charge is -2.33. The lowest BCUT2D eigenvalue weighted by molar-refractivity contribution is -0.124. The second-order valence-electron chi connectivity index (χ2n) is 6.22. The highest BCUT2D eigenvalue weighted by molar-refractivity contribution is 5.77. The van der Waals surface area contributed by atoms with Crippen LogP contribution in [0.3, 0.4) is 0 Å². The first kappa shape index (κ1) is 16.5. The number of hydrogen-bond donors (Lipinski definition) is 2. The molecule has 0 spiro atoms. The van der Waals surface area contributed by atoms with Gasteiger partial charge in [-0.2, -0.15) is 0 Å². The zero-order chi connectivity index (χ0) is 14.3. The highest BCUT2D eigenvalue weighted by atomic mass is 16.1. The van der Waals surface area contributed by atoms with Crippen LogP contribution in [0.1, 0.15) is 72.1 Å². The minimum absolute atomic E-state index is 0.0194. The Balaban J connectivity index is 2.39. The van der Waals surface area contributed by atoms with Crippen molar-refractivity contribution in [1.82, 2.24) is 5.32 Å². The Morgan fingerprint density at radius 2 is 1.53 bits per heavy atom. The molecule has 0 bridgehead atoms. The van der Waals surface area contributed by atoms with Gasteiger partial charge in [0.25, 0.3) is 0 Å². The summed E-state index contributed by atoms with van der Waals surface area (Å²) >= 11 is 0. The molecule has 1 saturated carbocycles.